The highest BCUT2D eigenvalue weighted by Gasteiger charge is 2.51. The van der Waals surface area contributed by atoms with Crippen LogP contribution < -0.4 is 5.32 Å². The van der Waals surface area contributed by atoms with Crippen molar-refractivity contribution in [3.05, 3.63) is 89.4 Å². The third-order valence-electron chi connectivity index (χ3n) is 6.57. The van der Waals surface area contributed by atoms with Gasteiger partial charge in [-0.3, -0.25) is 9.69 Å². The zero-order valence-corrected chi connectivity index (χ0v) is 16.7. The van der Waals surface area contributed by atoms with Gasteiger partial charge < -0.3 is 9.73 Å². The summed E-state index contributed by atoms with van der Waals surface area (Å²) < 4.78 is 5.78. The predicted octanol–water partition coefficient (Wildman–Crippen LogP) is 4.54. The van der Waals surface area contributed by atoms with Crippen LogP contribution in [0.15, 0.2) is 71.1 Å². The molecule has 2 aliphatic rings. The minimum absolute atomic E-state index is 0.128. The van der Waals surface area contributed by atoms with Gasteiger partial charge in [0, 0.05) is 12.2 Å². The molecule has 5 rings (SSSR count). The summed E-state index contributed by atoms with van der Waals surface area (Å²) in [6.07, 6.45) is 1.75. The van der Waals surface area contributed by atoms with Crippen LogP contribution in [0, 0.1) is 12.8 Å². The zero-order valence-electron chi connectivity index (χ0n) is 16.7. The number of fused-ring (bicyclic) bond motifs is 1. The van der Waals surface area contributed by atoms with Crippen molar-refractivity contribution in [2.45, 2.75) is 31.7 Å². The van der Waals surface area contributed by atoms with E-state index in [4.69, 9.17) is 4.42 Å². The molecule has 1 aromatic heterocycles. The number of likely N-dealkylation sites (tertiary alicyclic amines) is 1. The van der Waals surface area contributed by atoms with Crippen LogP contribution in [0.5, 0.6) is 0 Å². The van der Waals surface area contributed by atoms with E-state index in [1.165, 1.54) is 5.56 Å². The van der Waals surface area contributed by atoms with E-state index in [9.17, 15) is 4.79 Å². The molecule has 0 aliphatic carbocycles. The number of aryl methyl sites for hydroxylation is 1. The first kappa shape index (κ1) is 18.2. The van der Waals surface area contributed by atoms with Gasteiger partial charge in [0.15, 0.2) is 0 Å². The standard InChI is InChI=1S/C25H26N2O2/c1-18-11-12-22(29-18)17-27-14-13-21(16-27)25(20-8-3-2-4-9-20)15-19-7-5-6-10-23(19)26-24(25)28/h2-12,21H,13-17H2,1H3,(H,26,28)/t21-,25?/m1/s1. The lowest BCUT2D eigenvalue weighted by Crippen LogP contribution is -2.51. The maximum atomic E-state index is 13.6. The third-order valence-corrected chi connectivity index (χ3v) is 6.57. The highest BCUT2D eigenvalue weighted by Crippen LogP contribution is 2.45. The highest BCUT2D eigenvalue weighted by atomic mass is 16.3. The lowest BCUT2D eigenvalue weighted by molar-refractivity contribution is -0.124. The quantitative estimate of drug-likeness (QED) is 0.716. The molecule has 1 N–H and O–H groups in total. The summed E-state index contributed by atoms with van der Waals surface area (Å²) in [5, 5.41) is 3.22. The molecule has 2 atom stereocenters. The van der Waals surface area contributed by atoms with Crippen LogP contribution in [0.4, 0.5) is 5.69 Å². The SMILES string of the molecule is Cc1ccc(CN2CC[C@@H](C3(c4ccccc4)Cc4ccccc4NC3=O)C2)o1. The summed E-state index contributed by atoms with van der Waals surface area (Å²) in [5.41, 5.74) is 2.75. The molecule has 0 saturated carbocycles. The van der Waals surface area contributed by atoms with Crippen molar-refractivity contribution >= 4 is 11.6 Å². The van der Waals surface area contributed by atoms with Crippen LogP contribution in [0.1, 0.15) is 29.1 Å². The number of para-hydroxylation sites is 1. The average molecular weight is 386 g/mol. The normalized spacial score (nSPS) is 24.3. The van der Waals surface area contributed by atoms with Gasteiger partial charge in [-0.05, 0) is 61.6 Å². The molecule has 3 heterocycles. The summed E-state index contributed by atoms with van der Waals surface area (Å²) in [6.45, 7) is 4.65. The molecule has 2 aromatic carbocycles. The highest BCUT2D eigenvalue weighted by molar-refractivity contribution is 6.02. The van der Waals surface area contributed by atoms with Gasteiger partial charge >= 0.3 is 0 Å². The number of hydrogen-bond donors (Lipinski definition) is 1. The molecule has 0 bridgehead atoms. The third kappa shape index (κ3) is 3.18. The number of furan rings is 1. The first-order valence-electron chi connectivity index (χ1n) is 10.4. The molecule has 29 heavy (non-hydrogen) atoms. The van der Waals surface area contributed by atoms with Gasteiger partial charge in [0.25, 0.3) is 0 Å². The number of nitrogens with zero attached hydrogens (tertiary/aromatic N) is 1. The number of carbonyl (C=O) groups excluding carboxylic acids is 1. The molecule has 1 fully saturated rings. The Morgan fingerprint density at radius 1 is 1.07 bits per heavy atom. The summed E-state index contributed by atoms with van der Waals surface area (Å²) in [6, 6.07) is 22.6. The van der Waals surface area contributed by atoms with Crippen LogP contribution >= 0.6 is 0 Å². The van der Waals surface area contributed by atoms with Crippen molar-refractivity contribution in [1.82, 2.24) is 4.90 Å². The molecule has 1 amide bonds. The number of nitrogens with one attached hydrogen (secondary N) is 1. The summed E-state index contributed by atoms with van der Waals surface area (Å²) in [5.74, 6) is 2.33. The van der Waals surface area contributed by atoms with Crippen molar-refractivity contribution in [1.29, 1.82) is 0 Å². The van der Waals surface area contributed by atoms with E-state index in [0.717, 1.165) is 55.2 Å². The molecule has 0 spiro atoms. The van der Waals surface area contributed by atoms with E-state index in [1.807, 2.05) is 43.3 Å². The number of anilines is 1. The minimum Gasteiger partial charge on any atom is -0.465 e. The first-order chi connectivity index (χ1) is 14.1. The van der Waals surface area contributed by atoms with E-state index in [1.54, 1.807) is 0 Å². The van der Waals surface area contributed by atoms with Gasteiger partial charge in [-0.1, -0.05) is 48.5 Å². The van der Waals surface area contributed by atoms with Gasteiger partial charge in [0.05, 0.1) is 12.0 Å². The number of rotatable bonds is 4. The number of amides is 1. The summed E-state index contributed by atoms with van der Waals surface area (Å²) >= 11 is 0. The molecule has 3 aromatic rings. The molecule has 4 nitrogen and oxygen atoms in total. The van der Waals surface area contributed by atoms with Crippen LogP contribution in [-0.2, 0) is 23.2 Å². The van der Waals surface area contributed by atoms with E-state index in [0.29, 0.717) is 0 Å². The Balaban J connectivity index is 1.48. The summed E-state index contributed by atoms with van der Waals surface area (Å²) in [7, 11) is 0. The lowest BCUT2D eigenvalue weighted by Gasteiger charge is -2.42. The van der Waals surface area contributed by atoms with Crippen molar-refractivity contribution < 1.29 is 9.21 Å². The number of hydrogen-bond acceptors (Lipinski definition) is 3. The Morgan fingerprint density at radius 2 is 1.86 bits per heavy atom. The van der Waals surface area contributed by atoms with E-state index in [2.05, 4.69) is 40.5 Å². The van der Waals surface area contributed by atoms with E-state index >= 15 is 0 Å². The maximum absolute atomic E-state index is 13.6. The minimum atomic E-state index is -0.538. The van der Waals surface area contributed by atoms with Crippen molar-refractivity contribution in [2.24, 2.45) is 5.92 Å². The topological polar surface area (TPSA) is 45.5 Å². The van der Waals surface area contributed by atoms with Crippen LogP contribution in [-0.4, -0.2) is 23.9 Å². The Morgan fingerprint density at radius 3 is 2.66 bits per heavy atom. The first-order valence-corrected chi connectivity index (χ1v) is 10.4. The molecule has 0 radical (unpaired) electrons. The second-order valence-electron chi connectivity index (χ2n) is 8.36. The fourth-order valence-corrected chi connectivity index (χ4v) is 5.11. The lowest BCUT2D eigenvalue weighted by atomic mass is 9.64. The monoisotopic (exact) mass is 386 g/mol. The van der Waals surface area contributed by atoms with Gasteiger partial charge in [0.1, 0.15) is 11.5 Å². The molecular weight excluding hydrogens is 360 g/mol. The number of carbonyl (C=O) groups is 1. The molecule has 1 unspecified atom stereocenters. The Kier molecular flexibility index (Phi) is 4.51. The maximum Gasteiger partial charge on any atom is 0.235 e. The van der Waals surface area contributed by atoms with Gasteiger partial charge in [0.2, 0.25) is 5.91 Å². The number of benzene rings is 2. The van der Waals surface area contributed by atoms with E-state index < -0.39 is 5.41 Å². The molecular formula is C25H26N2O2. The Bertz CT molecular complexity index is 1030. The summed E-state index contributed by atoms with van der Waals surface area (Å²) in [4.78, 5) is 16.0. The molecule has 2 aliphatic heterocycles. The van der Waals surface area contributed by atoms with Crippen LogP contribution in [0.2, 0.25) is 0 Å². The Labute approximate surface area is 171 Å². The molecule has 1 saturated heterocycles. The van der Waals surface area contributed by atoms with Crippen molar-refractivity contribution in [3.8, 4) is 0 Å². The van der Waals surface area contributed by atoms with Crippen LogP contribution in [0.25, 0.3) is 0 Å². The second-order valence-corrected chi connectivity index (χ2v) is 8.36. The van der Waals surface area contributed by atoms with Gasteiger partial charge in [-0.2, -0.15) is 0 Å². The smallest absolute Gasteiger partial charge is 0.235 e. The molecule has 4 heteroatoms. The fraction of sp³-hybridized carbons (Fsp3) is 0.320. The largest absolute Gasteiger partial charge is 0.465 e. The fourth-order valence-electron chi connectivity index (χ4n) is 5.11. The molecule has 148 valence electrons. The van der Waals surface area contributed by atoms with E-state index in [-0.39, 0.29) is 11.8 Å². The van der Waals surface area contributed by atoms with Gasteiger partial charge in [-0.25, -0.2) is 0 Å². The van der Waals surface area contributed by atoms with Crippen molar-refractivity contribution in [3.63, 3.8) is 0 Å². The van der Waals surface area contributed by atoms with Gasteiger partial charge in [-0.15, -0.1) is 0 Å². The van der Waals surface area contributed by atoms with Crippen LogP contribution in [0.3, 0.4) is 0 Å². The second kappa shape index (κ2) is 7.20. The van der Waals surface area contributed by atoms with Crippen molar-refractivity contribution in [2.75, 3.05) is 18.4 Å². The Hall–Kier alpha value is -2.85. The predicted molar refractivity (Wildman–Crippen MR) is 114 cm³/mol. The average Bonchev–Trinajstić information content (AvgIpc) is 3.37. The zero-order chi connectivity index (χ0) is 19.8.